The number of hydrogen-bond donors (Lipinski definition) is 4. The molecule has 0 saturated heterocycles. The third-order valence-electron chi connectivity index (χ3n) is 7.87. The summed E-state index contributed by atoms with van der Waals surface area (Å²) in [6.45, 7) is 6.00. The predicted octanol–water partition coefficient (Wildman–Crippen LogP) is 4.06. The van der Waals surface area contributed by atoms with Crippen LogP contribution in [0.5, 0.6) is 0 Å². The Balaban J connectivity index is 1.73. The summed E-state index contributed by atoms with van der Waals surface area (Å²) in [5.41, 5.74) is 1.94. The number of unbranched alkanes of at least 4 members (excludes halogenated alkanes) is 1. The summed E-state index contributed by atoms with van der Waals surface area (Å²) in [6.07, 6.45) is 3.31. The van der Waals surface area contributed by atoms with Crippen molar-refractivity contribution >= 4 is 39.1 Å². The average Bonchev–Trinajstić information content (AvgIpc) is 3.07. The minimum absolute atomic E-state index is 0.0356. The van der Waals surface area contributed by atoms with E-state index in [4.69, 9.17) is 0 Å². The number of carbonyl (C=O) groups excluding carboxylic acids is 3. The molecular weight excluding hydrogens is 636 g/mol. The first-order valence-electron chi connectivity index (χ1n) is 15.7. The Bertz CT molecular complexity index is 1680. The molecule has 0 aliphatic rings. The topological polar surface area (TPSA) is 180 Å². The summed E-state index contributed by atoms with van der Waals surface area (Å²) in [4.78, 5) is 50.1. The monoisotopic (exact) mass is 680 g/mol. The van der Waals surface area contributed by atoms with Gasteiger partial charge in [0.15, 0.2) is 0 Å². The van der Waals surface area contributed by atoms with Crippen molar-refractivity contribution in [2.24, 2.45) is 0 Å². The van der Waals surface area contributed by atoms with Crippen molar-refractivity contribution < 1.29 is 27.7 Å². The average molecular weight is 681 g/mol. The van der Waals surface area contributed by atoms with Crippen LogP contribution in [0.2, 0.25) is 0 Å². The molecule has 3 amide bonds. The van der Waals surface area contributed by atoms with Gasteiger partial charge >= 0.3 is 0 Å². The van der Waals surface area contributed by atoms with E-state index < -0.39 is 32.8 Å². The van der Waals surface area contributed by atoms with Gasteiger partial charge in [-0.05, 0) is 49.6 Å². The molecule has 0 aliphatic heterocycles. The molecule has 3 rings (SSSR count). The zero-order chi connectivity index (χ0) is 35.4. The number of rotatable bonds is 17. The van der Waals surface area contributed by atoms with E-state index in [2.05, 4.69) is 21.3 Å². The first kappa shape index (κ1) is 37.6. The molecule has 0 fully saturated rings. The number of benzene rings is 3. The lowest BCUT2D eigenvalue weighted by molar-refractivity contribution is -0.384. The maximum absolute atomic E-state index is 13.6. The number of hydrogen-bond acceptors (Lipinski definition) is 8. The maximum atomic E-state index is 13.6. The Morgan fingerprint density at radius 2 is 1.52 bits per heavy atom. The van der Waals surface area contributed by atoms with Gasteiger partial charge in [-0.3, -0.25) is 28.8 Å². The molecule has 258 valence electrons. The van der Waals surface area contributed by atoms with Gasteiger partial charge in [0, 0.05) is 49.4 Å². The second kappa shape index (κ2) is 17.4. The van der Waals surface area contributed by atoms with Crippen LogP contribution in [0, 0.1) is 10.1 Å². The first-order chi connectivity index (χ1) is 22.7. The molecule has 0 aromatic heterocycles. The van der Waals surface area contributed by atoms with Crippen LogP contribution in [-0.2, 0) is 21.4 Å². The van der Waals surface area contributed by atoms with Crippen LogP contribution in [0.1, 0.15) is 77.9 Å². The molecule has 48 heavy (non-hydrogen) atoms. The summed E-state index contributed by atoms with van der Waals surface area (Å²) in [5.74, 6) is -1.25. The molecule has 0 unspecified atom stereocenters. The lowest BCUT2D eigenvalue weighted by atomic mass is 10.0. The number of nitrogens with one attached hydrogen (secondary N) is 4. The molecule has 0 heterocycles. The Morgan fingerprint density at radius 3 is 2.08 bits per heavy atom. The molecule has 3 atom stereocenters. The number of amides is 3. The number of carbonyl (C=O) groups is 3. The number of nitrogens with zero attached hydrogens (tertiary/aromatic N) is 2. The minimum atomic E-state index is -3.70. The van der Waals surface area contributed by atoms with Gasteiger partial charge in [0.25, 0.3) is 17.5 Å². The Morgan fingerprint density at radius 1 is 0.917 bits per heavy atom. The highest BCUT2D eigenvalue weighted by molar-refractivity contribution is 7.92. The van der Waals surface area contributed by atoms with Crippen LogP contribution in [0.25, 0.3) is 0 Å². The molecule has 4 N–H and O–H groups in total. The summed E-state index contributed by atoms with van der Waals surface area (Å²) in [7, 11) is -2.35. The molecule has 0 bridgehead atoms. The molecule has 0 aliphatic carbocycles. The molecule has 13 nitrogen and oxygen atoms in total. The fraction of sp³-hybridized carbons (Fsp3) is 0.382. The van der Waals surface area contributed by atoms with E-state index in [-0.39, 0.29) is 53.6 Å². The normalized spacial score (nSPS) is 13.1. The van der Waals surface area contributed by atoms with Crippen LogP contribution >= 0.6 is 0 Å². The fourth-order valence-corrected chi connectivity index (χ4v) is 5.27. The maximum Gasteiger partial charge on any atom is 0.269 e. The lowest BCUT2D eigenvalue weighted by Crippen LogP contribution is -2.48. The molecule has 3 aromatic rings. The fourth-order valence-electron chi connectivity index (χ4n) is 4.79. The Kier molecular flexibility index (Phi) is 13.6. The molecule has 0 saturated carbocycles. The zero-order valence-electron chi connectivity index (χ0n) is 27.9. The van der Waals surface area contributed by atoms with Crippen molar-refractivity contribution in [2.45, 2.75) is 64.7 Å². The van der Waals surface area contributed by atoms with E-state index in [9.17, 15) is 32.9 Å². The van der Waals surface area contributed by atoms with Gasteiger partial charge in [0.2, 0.25) is 15.9 Å². The smallest absolute Gasteiger partial charge is 0.269 e. The van der Waals surface area contributed by atoms with Gasteiger partial charge < -0.3 is 21.3 Å². The van der Waals surface area contributed by atoms with Crippen molar-refractivity contribution in [3.63, 3.8) is 0 Å². The first-order valence-corrected chi connectivity index (χ1v) is 17.5. The third-order valence-corrected chi connectivity index (χ3v) is 9.08. The van der Waals surface area contributed by atoms with Crippen molar-refractivity contribution in [1.82, 2.24) is 21.3 Å². The van der Waals surface area contributed by atoms with Gasteiger partial charge in [-0.15, -0.1) is 0 Å². The van der Waals surface area contributed by atoms with E-state index in [1.165, 1.54) is 37.4 Å². The van der Waals surface area contributed by atoms with Crippen LogP contribution in [0.15, 0.2) is 72.8 Å². The van der Waals surface area contributed by atoms with E-state index in [1.807, 2.05) is 44.2 Å². The van der Waals surface area contributed by atoms with Crippen molar-refractivity contribution in [3.05, 3.63) is 105 Å². The second-order valence-electron chi connectivity index (χ2n) is 11.7. The third kappa shape index (κ3) is 11.2. The van der Waals surface area contributed by atoms with E-state index >= 15 is 0 Å². The molecule has 3 aromatic carbocycles. The molecule has 0 radical (unpaired) electrons. The van der Waals surface area contributed by atoms with Crippen LogP contribution in [0.3, 0.4) is 0 Å². The Labute approximate surface area is 281 Å². The van der Waals surface area contributed by atoms with Crippen LogP contribution in [0.4, 0.5) is 11.4 Å². The van der Waals surface area contributed by atoms with E-state index in [0.717, 1.165) is 29.0 Å². The number of nitro groups is 1. The molecule has 0 spiro atoms. The zero-order valence-corrected chi connectivity index (χ0v) is 28.7. The highest BCUT2D eigenvalue weighted by Gasteiger charge is 2.22. The number of nitro benzene ring substituents is 1. The van der Waals surface area contributed by atoms with E-state index in [1.54, 1.807) is 19.1 Å². The van der Waals surface area contributed by atoms with Crippen molar-refractivity contribution in [2.75, 3.05) is 24.2 Å². The van der Waals surface area contributed by atoms with Gasteiger partial charge in [0.05, 0.1) is 29.0 Å². The summed E-state index contributed by atoms with van der Waals surface area (Å²) in [5, 5.41) is 22.7. The number of anilines is 1. The van der Waals surface area contributed by atoms with Crippen LogP contribution in [-0.4, -0.2) is 63.0 Å². The predicted molar refractivity (Wildman–Crippen MR) is 185 cm³/mol. The largest absolute Gasteiger partial charge is 0.351 e. The summed E-state index contributed by atoms with van der Waals surface area (Å²) >= 11 is 0. The van der Waals surface area contributed by atoms with Gasteiger partial charge in [-0.1, -0.05) is 62.2 Å². The number of sulfonamides is 1. The van der Waals surface area contributed by atoms with Crippen molar-refractivity contribution in [3.8, 4) is 0 Å². The van der Waals surface area contributed by atoms with E-state index in [0.29, 0.717) is 12.0 Å². The number of non-ortho nitro benzene ring substituents is 1. The van der Waals surface area contributed by atoms with Gasteiger partial charge in [0.1, 0.15) is 0 Å². The van der Waals surface area contributed by atoms with Gasteiger partial charge in [-0.2, -0.15) is 0 Å². The summed E-state index contributed by atoms with van der Waals surface area (Å²) in [6, 6.07) is 18.2. The van der Waals surface area contributed by atoms with Crippen molar-refractivity contribution in [1.29, 1.82) is 0 Å². The Hall–Kier alpha value is -4.82. The second-order valence-corrected chi connectivity index (χ2v) is 13.7. The SMILES string of the molecule is CCCC[C@@H](CN[C@@H](C)C(=O)NCc1ccc([N+](=O)[O-])cc1)NC(=O)c1cc(C(=O)N[C@H](C)c2ccccc2)cc(N(C)S(C)(=O)=O)c1. The summed E-state index contributed by atoms with van der Waals surface area (Å²) < 4.78 is 25.8. The quantitative estimate of drug-likeness (QED) is 0.122. The molecule has 14 heteroatoms. The van der Waals surface area contributed by atoms with Crippen LogP contribution < -0.4 is 25.6 Å². The standard InChI is InChI=1S/C34H44N6O7S/c1-6-7-13-29(22-35-24(3)32(41)36-21-25-14-16-30(17-15-25)40(44)45)38-34(43)28-18-27(19-31(20-28)39(4)48(5,46)47)33(42)37-23(2)26-11-9-8-10-12-26/h8-12,14-20,23-24,29,35H,6-7,13,21-22H2,1-5H3,(H,36,41)(H,37,42)(H,38,43)/t23-,24+,29+/m1/s1. The van der Waals surface area contributed by atoms with Gasteiger partial charge in [-0.25, -0.2) is 8.42 Å². The highest BCUT2D eigenvalue weighted by Crippen LogP contribution is 2.22. The molecular formula is C34H44N6O7S. The highest BCUT2D eigenvalue weighted by atomic mass is 32.2. The minimum Gasteiger partial charge on any atom is -0.351 e. The lowest BCUT2D eigenvalue weighted by Gasteiger charge is -2.23.